The molecule has 1 N–H and O–H groups in total. The van der Waals surface area contributed by atoms with Crippen LogP contribution < -0.4 is 0 Å². The molecule has 0 atom stereocenters. The first-order valence-electron chi connectivity index (χ1n) is 9.10. The van der Waals surface area contributed by atoms with Crippen molar-refractivity contribution >= 4 is 43.8 Å². The maximum Gasteiger partial charge on any atom is 0.289 e. The molecule has 0 unspecified atom stereocenters. The molecule has 2 aromatic heterocycles. The van der Waals surface area contributed by atoms with Gasteiger partial charge in [0.25, 0.3) is 5.91 Å². The van der Waals surface area contributed by atoms with Gasteiger partial charge in [0.2, 0.25) is 0 Å². The van der Waals surface area contributed by atoms with Gasteiger partial charge >= 0.3 is 0 Å². The monoisotopic (exact) mass is 423 g/mol. The highest BCUT2D eigenvalue weighted by Crippen LogP contribution is 2.29. The minimum Gasteiger partial charge on any atom is -0.451 e. The van der Waals surface area contributed by atoms with E-state index in [1.165, 1.54) is 0 Å². The molecule has 1 aliphatic heterocycles. The summed E-state index contributed by atoms with van der Waals surface area (Å²) >= 11 is 3.45. The number of carbonyl (C=O) groups is 1. The van der Waals surface area contributed by atoms with Crippen LogP contribution in [0.1, 0.15) is 35.1 Å². The SMILES string of the molecule is O=C(c1cc2cc(Br)ccc2o1)N1CCC(c2nc3ccccc3[nH]2)CC1. The third-order valence-electron chi connectivity index (χ3n) is 5.27. The molecule has 3 heterocycles. The van der Waals surface area contributed by atoms with Gasteiger partial charge in [-0.1, -0.05) is 28.1 Å². The highest BCUT2D eigenvalue weighted by molar-refractivity contribution is 9.10. The first kappa shape index (κ1) is 16.6. The number of hydrogen-bond acceptors (Lipinski definition) is 3. The molecular weight excluding hydrogens is 406 g/mol. The molecule has 4 aromatic rings. The second-order valence-corrected chi connectivity index (χ2v) is 7.91. The van der Waals surface area contributed by atoms with Crippen LogP contribution >= 0.6 is 15.9 Å². The summed E-state index contributed by atoms with van der Waals surface area (Å²) in [5, 5.41) is 0.935. The first-order valence-corrected chi connectivity index (χ1v) is 9.90. The van der Waals surface area contributed by atoms with E-state index >= 15 is 0 Å². The van der Waals surface area contributed by atoms with Crippen LogP contribution in [-0.2, 0) is 0 Å². The summed E-state index contributed by atoms with van der Waals surface area (Å²) in [7, 11) is 0. The number of furan rings is 1. The molecule has 1 fully saturated rings. The van der Waals surface area contributed by atoms with Gasteiger partial charge in [-0.2, -0.15) is 0 Å². The van der Waals surface area contributed by atoms with Gasteiger partial charge < -0.3 is 14.3 Å². The number of nitrogens with zero attached hydrogens (tertiary/aromatic N) is 2. The van der Waals surface area contributed by atoms with Crippen molar-refractivity contribution < 1.29 is 9.21 Å². The molecule has 27 heavy (non-hydrogen) atoms. The van der Waals surface area contributed by atoms with E-state index in [1.54, 1.807) is 0 Å². The van der Waals surface area contributed by atoms with Crippen LogP contribution in [0.2, 0.25) is 0 Å². The molecule has 0 radical (unpaired) electrons. The van der Waals surface area contributed by atoms with Gasteiger partial charge in [0.15, 0.2) is 5.76 Å². The van der Waals surface area contributed by atoms with Gasteiger partial charge in [-0.15, -0.1) is 0 Å². The second kappa shape index (κ2) is 6.53. The Morgan fingerprint density at radius 1 is 1.15 bits per heavy atom. The Hall–Kier alpha value is -2.60. The van der Waals surface area contributed by atoms with E-state index in [-0.39, 0.29) is 5.91 Å². The number of rotatable bonds is 2. The number of aromatic nitrogens is 2. The minimum absolute atomic E-state index is 0.0367. The molecule has 0 aliphatic carbocycles. The number of nitrogens with one attached hydrogen (secondary N) is 1. The molecule has 0 spiro atoms. The molecule has 6 heteroatoms. The normalized spacial score (nSPS) is 15.7. The molecule has 1 aliphatic rings. The maximum absolute atomic E-state index is 12.8. The van der Waals surface area contributed by atoms with Crippen LogP contribution in [0, 0.1) is 0 Å². The molecule has 5 rings (SSSR count). The Balaban J connectivity index is 1.31. The van der Waals surface area contributed by atoms with E-state index in [9.17, 15) is 4.79 Å². The maximum atomic E-state index is 12.8. The number of aromatic amines is 1. The van der Waals surface area contributed by atoms with Gasteiger partial charge in [0.1, 0.15) is 11.4 Å². The lowest BCUT2D eigenvalue weighted by Gasteiger charge is -2.30. The summed E-state index contributed by atoms with van der Waals surface area (Å²) in [6.45, 7) is 1.42. The number of amides is 1. The van der Waals surface area contributed by atoms with Gasteiger partial charge in [0.05, 0.1) is 11.0 Å². The number of carbonyl (C=O) groups excluding carboxylic acids is 1. The van der Waals surface area contributed by atoms with Crippen molar-refractivity contribution in [2.24, 2.45) is 0 Å². The fraction of sp³-hybridized carbons (Fsp3) is 0.238. The van der Waals surface area contributed by atoms with E-state index in [2.05, 4.69) is 20.9 Å². The van der Waals surface area contributed by atoms with Crippen molar-refractivity contribution in [3.8, 4) is 0 Å². The lowest BCUT2D eigenvalue weighted by molar-refractivity contribution is 0.0681. The van der Waals surface area contributed by atoms with Crippen molar-refractivity contribution in [2.45, 2.75) is 18.8 Å². The van der Waals surface area contributed by atoms with E-state index in [0.29, 0.717) is 24.8 Å². The molecule has 5 nitrogen and oxygen atoms in total. The smallest absolute Gasteiger partial charge is 0.289 e. The highest BCUT2D eigenvalue weighted by atomic mass is 79.9. The number of para-hydroxylation sites is 2. The lowest BCUT2D eigenvalue weighted by atomic mass is 9.96. The minimum atomic E-state index is -0.0367. The predicted octanol–water partition coefficient (Wildman–Crippen LogP) is 5.09. The summed E-state index contributed by atoms with van der Waals surface area (Å²) < 4.78 is 6.73. The summed E-state index contributed by atoms with van der Waals surface area (Å²) in [6.07, 6.45) is 1.80. The van der Waals surface area contributed by atoms with Gasteiger partial charge in [-0.3, -0.25) is 4.79 Å². The molecule has 136 valence electrons. The molecular formula is C21H18BrN3O2. The fourth-order valence-electron chi connectivity index (χ4n) is 3.80. The molecule has 2 aromatic carbocycles. The molecule has 1 saturated heterocycles. The summed E-state index contributed by atoms with van der Waals surface area (Å²) in [5.74, 6) is 1.75. The predicted molar refractivity (Wildman–Crippen MR) is 108 cm³/mol. The Morgan fingerprint density at radius 3 is 2.78 bits per heavy atom. The zero-order valence-electron chi connectivity index (χ0n) is 14.6. The number of hydrogen-bond donors (Lipinski definition) is 1. The van der Waals surface area contributed by atoms with Crippen LogP contribution in [0.25, 0.3) is 22.0 Å². The van der Waals surface area contributed by atoms with Crippen LogP contribution in [0.4, 0.5) is 0 Å². The lowest BCUT2D eigenvalue weighted by Crippen LogP contribution is -2.37. The topological polar surface area (TPSA) is 62.1 Å². The van der Waals surface area contributed by atoms with E-state index in [0.717, 1.165) is 45.1 Å². The average Bonchev–Trinajstić information content (AvgIpc) is 3.31. The van der Waals surface area contributed by atoms with E-state index < -0.39 is 0 Å². The Bertz CT molecular complexity index is 1110. The van der Waals surface area contributed by atoms with Crippen molar-refractivity contribution in [3.63, 3.8) is 0 Å². The zero-order chi connectivity index (χ0) is 18.4. The van der Waals surface area contributed by atoms with Crippen LogP contribution in [0.3, 0.4) is 0 Å². The molecule has 0 saturated carbocycles. The van der Waals surface area contributed by atoms with Crippen molar-refractivity contribution in [2.75, 3.05) is 13.1 Å². The quantitative estimate of drug-likeness (QED) is 0.488. The highest BCUT2D eigenvalue weighted by Gasteiger charge is 2.28. The van der Waals surface area contributed by atoms with Crippen molar-refractivity contribution in [3.05, 3.63) is 64.6 Å². The van der Waals surface area contributed by atoms with Gasteiger partial charge in [-0.25, -0.2) is 4.98 Å². The average molecular weight is 424 g/mol. The Labute approximate surface area is 164 Å². The van der Waals surface area contributed by atoms with Crippen molar-refractivity contribution in [1.82, 2.24) is 14.9 Å². The second-order valence-electron chi connectivity index (χ2n) is 7.00. The van der Waals surface area contributed by atoms with E-state index in [4.69, 9.17) is 9.40 Å². The van der Waals surface area contributed by atoms with E-state index in [1.807, 2.05) is 53.4 Å². The van der Waals surface area contributed by atoms with Crippen LogP contribution in [-0.4, -0.2) is 33.9 Å². The summed E-state index contributed by atoms with van der Waals surface area (Å²) in [5.41, 5.74) is 2.80. The third kappa shape index (κ3) is 3.04. The number of benzene rings is 2. The van der Waals surface area contributed by atoms with Crippen LogP contribution in [0.5, 0.6) is 0 Å². The number of likely N-dealkylation sites (tertiary alicyclic amines) is 1. The third-order valence-corrected chi connectivity index (χ3v) is 5.76. The largest absolute Gasteiger partial charge is 0.451 e. The van der Waals surface area contributed by atoms with Gasteiger partial charge in [0, 0.05) is 28.9 Å². The number of piperidine rings is 1. The number of halogens is 1. The summed E-state index contributed by atoms with van der Waals surface area (Å²) in [6, 6.07) is 15.7. The molecule has 1 amide bonds. The Kier molecular flexibility index (Phi) is 4.01. The fourth-order valence-corrected chi connectivity index (χ4v) is 4.18. The van der Waals surface area contributed by atoms with Gasteiger partial charge in [-0.05, 0) is 49.2 Å². The summed E-state index contributed by atoms with van der Waals surface area (Å²) in [4.78, 5) is 22.9. The number of imidazole rings is 1. The number of fused-ring (bicyclic) bond motifs is 2. The van der Waals surface area contributed by atoms with Crippen molar-refractivity contribution in [1.29, 1.82) is 0 Å². The number of H-pyrrole nitrogens is 1. The zero-order valence-corrected chi connectivity index (χ0v) is 16.2. The Morgan fingerprint density at radius 2 is 1.96 bits per heavy atom. The standard InChI is InChI=1S/C21H18BrN3O2/c22-15-5-6-18-14(11-15)12-19(27-18)21(26)25-9-7-13(8-10-25)20-23-16-3-1-2-4-17(16)24-20/h1-6,11-13H,7-10H2,(H,23,24). The van der Waals surface area contributed by atoms with Crippen LogP contribution in [0.15, 0.2) is 57.4 Å². The first-order chi connectivity index (χ1) is 13.2. The molecule has 0 bridgehead atoms.